The van der Waals surface area contributed by atoms with Gasteiger partial charge in [0.2, 0.25) is 0 Å². The number of hydrogen-bond donors (Lipinski definition) is 3. The zero-order valence-corrected chi connectivity index (χ0v) is 13.7. The van der Waals surface area contributed by atoms with Gasteiger partial charge in [-0.1, -0.05) is 29.8 Å². The van der Waals surface area contributed by atoms with Crippen LogP contribution < -0.4 is 5.32 Å². The summed E-state index contributed by atoms with van der Waals surface area (Å²) < 4.78 is 0.715. The van der Waals surface area contributed by atoms with Crippen LogP contribution in [-0.2, 0) is 4.79 Å². The van der Waals surface area contributed by atoms with Crippen LogP contribution in [0.1, 0.15) is 43.5 Å². The predicted molar refractivity (Wildman–Crippen MR) is 83.4 cm³/mol. The molecule has 0 atom stereocenters. The first-order chi connectivity index (χ1) is 9.71. The van der Waals surface area contributed by atoms with E-state index >= 15 is 0 Å². The molecule has 0 aliphatic rings. The molecule has 0 fully saturated rings. The van der Waals surface area contributed by atoms with Crippen molar-refractivity contribution >= 4 is 27.8 Å². The molecule has 0 aromatic heterocycles. The van der Waals surface area contributed by atoms with Gasteiger partial charge in [0.25, 0.3) is 5.91 Å². The first kappa shape index (κ1) is 17.5. The van der Waals surface area contributed by atoms with Gasteiger partial charge >= 0.3 is 5.97 Å². The molecular formula is C15H20BrNO4. The van der Waals surface area contributed by atoms with E-state index in [0.29, 0.717) is 23.9 Å². The Kier molecular flexibility index (Phi) is 6.20. The van der Waals surface area contributed by atoms with Crippen LogP contribution in [0.2, 0.25) is 0 Å². The molecular weight excluding hydrogens is 338 g/mol. The zero-order chi connectivity index (χ0) is 16.0. The van der Waals surface area contributed by atoms with Crippen LogP contribution in [0.3, 0.4) is 0 Å². The van der Waals surface area contributed by atoms with Crippen molar-refractivity contribution in [3.05, 3.63) is 28.2 Å². The van der Waals surface area contributed by atoms with Gasteiger partial charge in [-0.05, 0) is 36.5 Å². The molecule has 0 radical (unpaired) electrons. The minimum atomic E-state index is -0.814. The fraction of sp³-hybridized carbons (Fsp3) is 0.467. The van der Waals surface area contributed by atoms with Gasteiger partial charge in [0.15, 0.2) is 0 Å². The first-order valence-electron chi connectivity index (χ1n) is 6.70. The molecule has 0 unspecified atom stereocenters. The van der Waals surface area contributed by atoms with E-state index in [1.54, 1.807) is 12.1 Å². The lowest BCUT2D eigenvalue weighted by Crippen LogP contribution is -2.28. The average Bonchev–Trinajstić information content (AvgIpc) is 2.39. The maximum Gasteiger partial charge on any atom is 0.303 e. The number of carboxylic acids is 1. The van der Waals surface area contributed by atoms with E-state index < -0.39 is 5.97 Å². The summed E-state index contributed by atoms with van der Waals surface area (Å²) in [5, 5.41) is 21.1. The number of halogens is 1. The van der Waals surface area contributed by atoms with Crippen LogP contribution in [-0.4, -0.2) is 28.6 Å². The molecule has 1 rings (SSSR count). The number of hydrogen-bond acceptors (Lipinski definition) is 3. The molecule has 0 heterocycles. The van der Waals surface area contributed by atoms with Gasteiger partial charge in [0.1, 0.15) is 5.75 Å². The number of carboxylic acid groups (broad SMARTS) is 1. The largest absolute Gasteiger partial charge is 0.507 e. The number of amides is 1. The monoisotopic (exact) mass is 357 g/mol. The number of aromatic hydroxyl groups is 1. The Morgan fingerprint density at radius 2 is 1.95 bits per heavy atom. The quantitative estimate of drug-likeness (QED) is 0.699. The van der Waals surface area contributed by atoms with Crippen LogP contribution in [0.25, 0.3) is 0 Å². The van der Waals surface area contributed by atoms with Gasteiger partial charge in [-0.3, -0.25) is 9.59 Å². The molecule has 0 saturated heterocycles. The van der Waals surface area contributed by atoms with Crippen LogP contribution >= 0.6 is 15.9 Å². The summed E-state index contributed by atoms with van der Waals surface area (Å²) in [6.07, 6.45) is 1.34. The van der Waals surface area contributed by atoms with Crippen molar-refractivity contribution in [2.75, 3.05) is 6.54 Å². The maximum atomic E-state index is 12.0. The molecule has 1 aromatic rings. The normalized spacial score (nSPS) is 11.2. The third kappa shape index (κ3) is 6.16. The Labute approximate surface area is 132 Å². The smallest absolute Gasteiger partial charge is 0.303 e. The van der Waals surface area contributed by atoms with E-state index in [2.05, 4.69) is 21.2 Å². The molecule has 3 N–H and O–H groups in total. The Morgan fingerprint density at radius 3 is 2.57 bits per heavy atom. The number of rotatable bonds is 7. The predicted octanol–water partition coefficient (Wildman–Crippen LogP) is 3.17. The highest BCUT2D eigenvalue weighted by Gasteiger charge is 2.20. The Hall–Kier alpha value is -1.56. The Bertz CT molecular complexity index is 528. The lowest BCUT2D eigenvalue weighted by atomic mass is 9.84. The van der Waals surface area contributed by atoms with Crippen molar-refractivity contribution in [3.8, 4) is 5.75 Å². The second-order valence-corrected chi connectivity index (χ2v) is 6.64. The molecule has 1 aromatic carbocycles. The van der Waals surface area contributed by atoms with Gasteiger partial charge in [-0.2, -0.15) is 0 Å². The number of benzene rings is 1. The molecule has 21 heavy (non-hydrogen) atoms. The molecule has 5 nitrogen and oxygen atoms in total. The van der Waals surface area contributed by atoms with Crippen molar-refractivity contribution in [3.63, 3.8) is 0 Å². The summed E-state index contributed by atoms with van der Waals surface area (Å²) in [5.74, 6) is -1.23. The summed E-state index contributed by atoms with van der Waals surface area (Å²) in [7, 11) is 0. The van der Waals surface area contributed by atoms with Gasteiger partial charge in [0, 0.05) is 17.4 Å². The Morgan fingerprint density at radius 1 is 1.29 bits per heavy atom. The van der Waals surface area contributed by atoms with Crippen LogP contribution in [0.5, 0.6) is 5.75 Å². The van der Waals surface area contributed by atoms with Crippen molar-refractivity contribution in [2.45, 2.75) is 33.1 Å². The van der Waals surface area contributed by atoms with Gasteiger partial charge in [-0.25, -0.2) is 0 Å². The lowest BCUT2D eigenvalue weighted by molar-refractivity contribution is -0.137. The number of carbonyl (C=O) groups excluding carboxylic acids is 1. The molecule has 0 bridgehead atoms. The minimum Gasteiger partial charge on any atom is -0.507 e. The lowest BCUT2D eigenvalue weighted by Gasteiger charge is -2.23. The average molecular weight is 358 g/mol. The molecule has 0 aliphatic heterocycles. The second kappa shape index (κ2) is 7.45. The van der Waals surface area contributed by atoms with Crippen molar-refractivity contribution in [1.29, 1.82) is 0 Å². The number of carbonyl (C=O) groups is 2. The summed E-state index contributed by atoms with van der Waals surface area (Å²) >= 11 is 3.25. The Balaban J connectivity index is 2.50. The van der Waals surface area contributed by atoms with E-state index in [4.69, 9.17) is 5.11 Å². The van der Waals surface area contributed by atoms with E-state index in [1.165, 1.54) is 6.07 Å². The van der Waals surface area contributed by atoms with Crippen LogP contribution in [0.15, 0.2) is 22.7 Å². The van der Waals surface area contributed by atoms with Crippen LogP contribution in [0.4, 0.5) is 0 Å². The molecule has 116 valence electrons. The fourth-order valence-electron chi connectivity index (χ4n) is 1.87. The van der Waals surface area contributed by atoms with Crippen molar-refractivity contribution in [1.82, 2.24) is 5.32 Å². The third-order valence-corrected chi connectivity index (χ3v) is 3.80. The molecule has 6 heteroatoms. The van der Waals surface area contributed by atoms with E-state index in [-0.39, 0.29) is 29.1 Å². The molecule has 0 spiro atoms. The number of aliphatic carboxylic acids is 1. The zero-order valence-electron chi connectivity index (χ0n) is 12.1. The summed E-state index contributed by atoms with van der Waals surface area (Å²) in [6, 6.07) is 4.66. The minimum absolute atomic E-state index is 0.0687. The summed E-state index contributed by atoms with van der Waals surface area (Å²) in [6.45, 7) is 4.37. The summed E-state index contributed by atoms with van der Waals surface area (Å²) in [4.78, 5) is 22.6. The topological polar surface area (TPSA) is 86.6 Å². The molecule has 1 amide bonds. The summed E-state index contributed by atoms with van der Waals surface area (Å²) in [5.41, 5.74) is 0.0538. The van der Waals surface area contributed by atoms with E-state index in [0.717, 1.165) is 0 Å². The standard InChI is InChI=1S/C15H20BrNO4/c1-15(2,6-5-13(19)20)7-8-17-14(21)11-9-10(16)3-4-12(11)18/h3-4,9,18H,5-8H2,1-2H3,(H,17,21)(H,19,20). The van der Waals surface area contributed by atoms with Crippen molar-refractivity contribution in [2.24, 2.45) is 5.41 Å². The first-order valence-corrected chi connectivity index (χ1v) is 7.49. The van der Waals surface area contributed by atoms with E-state index in [1.807, 2.05) is 13.8 Å². The maximum absolute atomic E-state index is 12.0. The number of phenols is 1. The van der Waals surface area contributed by atoms with Crippen LogP contribution in [0, 0.1) is 5.41 Å². The number of phenolic OH excluding ortho intramolecular Hbond substituents is 1. The highest BCUT2D eigenvalue weighted by atomic mass is 79.9. The van der Waals surface area contributed by atoms with E-state index in [9.17, 15) is 14.7 Å². The molecule has 0 aliphatic carbocycles. The van der Waals surface area contributed by atoms with Gasteiger partial charge in [-0.15, -0.1) is 0 Å². The SMILES string of the molecule is CC(C)(CCNC(=O)c1cc(Br)ccc1O)CCC(=O)O. The fourth-order valence-corrected chi connectivity index (χ4v) is 2.23. The van der Waals surface area contributed by atoms with Gasteiger partial charge in [0.05, 0.1) is 5.56 Å². The third-order valence-electron chi connectivity index (χ3n) is 3.31. The van der Waals surface area contributed by atoms with Crippen molar-refractivity contribution < 1.29 is 19.8 Å². The number of nitrogens with one attached hydrogen (secondary N) is 1. The second-order valence-electron chi connectivity index (χ2n) is 5.73. The highest BCUT2D eigenvalue weighted by Crippen LogP contribution is 2.26. The van der Waals surface area contributed by atoms with Gasteiger partial charge < -0.3 is 15.5 Å². The highest BCUT2D eigenvalue weighted by molar-refractivity contribution is 9.10. The molecule has 0 saturated carbocycles.